The summed E-state index contributed by atoms with van der Waals surface area (Å²) in [7, 11) is 0. The summed E-state index contributed by atoms with van der Waals surface area (Å²) in [5.74, 6) is 0.169. The van der Waals surface area contributed by atoms with Crippen LogP contribution >= 0.6 is 0 Å². The summed E-state index contributed by atoms with van der Waals surface area (Å²) in [4.78, 5) is 20.3. The highest BCUT2D eigenvalue weighted by atomic mass is 16.4. The van der Waals surface area contributed by atoms with Gasteiger partial charge in [-0.05, 0) is 36.8 Å². The number of rotatable bonds is 7. The molecule has 0 aliphatic carbocycles. The van der Waals surface area contributed by atoms with E-state index in [1.165, 1.54) is 0 Å². The third kappa shape index (κ3) is 5.03. The molecule has 1 aliphatic rings. The maximum atomic E-state index is 11.0. The Balaban J connectivity index is 1.42. The smallest absolute Gasteiger partial charge is 0.335 e. The number of anilines is 1. The fourth-order valence-electron chi connectivity index (χ4n) is 3.26. The molecule has 0 saturated carbocycles. The van der Waals surface area contributed by atoms with E-state index in [4.69, 9.17) is 5.11 Å². The van der Waals surface area contributed by atoms with Crippen LogP contribution in [0.15, 0.2) is 48.7 Å². The van der Waals surface area contributed by atoms with Crippen molar-refractivity contribution in [2.24, 2.45) is 0 Å². The van der Waals surface area contributed by atoms with Crippen LogP contribution in [0.2, 0.25) is 0 Å². The fourth-order valence-corrected chi connectivity index (χ4v) is 3.26. The van der Waals surface area contributed by atoms with E-state index in [1.807, 2.05) is 24.4 Å². The number of nitrogens with zero attached hydrogens (tertiary/aromatic N) is 3. The van der Waals surface area contributed by atoms with E-state index in [0.29, 0.717) is 18.2 Å². The lowest BCUT2D eigenvalue weighted by molar-refractivity contribution is 0.0696. The first-order chi connectivity index (χ1) is 12.6. The molecular weight excluding hydrogens is 328 g/mol. The molecule has 2 heterocycles. The van der Waals surface area contributed by atoms with Gasteiger partial charge in [-0.15, -0.1) is 0 Å². The van der Waals surface area contributed by atoms with Crippen LogP contribution < -0.4 is 10.2 Å². The van der Waals surface area contributed by atoms with E-state index in [0.717, 1.165) is 44.1 Å². The Hall–Kier alpha value is -2.44. The first-order valence-electron chi connectivity index (χ1n) is 9.06. The van der Waals surface area contributed by atoms with Gasteiger partial charge < -0.3 is 15.3 Å². The SMILES string of the molecule is CC(CN1CCN(c2ccccn2)CC1)NCc1cccc(C(=O)O)c1. The number of carbonyl (C=O) groups is 1. The third-order valence-corrected chi connectivity index (χ3v) is 4.71. The highest BCUT2D eigenvalue weighted by Gasteiger charge is 2.19. The molecule has 1 unspecified atom stereocenters. The molecule has 1 atom stereocenters. The van der Waals surface area contributed by atoms with Gasteiger partial charge in [0.05, 0.1) is 5.56 Å². The van der Waals surface area contributed by atoms with Gasteiger partial charge >= 0.3 is 5.97 Å². The second-order valence-electron chi connectivity index (χ2n) is 6.76. The standard InChI is InChI=1S/C20H26N4O2/c1-16(22-14-17-5-4-6-18(13-17)20(25)26)15-23-9-11-24(12-10-23)19-7-2-3-8-21-19/h2-8,13,16,22H,9-12,14-15H2,1H3,(H,25,26). The van der Waals surface area contributed by atoms with Gasteiger partial charge in [-0.3, -0.25) is 4.90 Å². The number of hydrogen-bond donors (Lipinski definition) is 2. The first kappa shape index (κ1) is 18.4. The zero-order valence-corrected chi connectivity index (χ0v) is 15.1. The summed E-state index contributed by atoms with van der Waals surface area (Å²) >= 11 is 0. The van der Waals surface area contributed by atoms with Gasteiger partial charge in [0, 0.05) is 51.5 Å². The molecule has 1 fully saturated rings. The molecule has 6 nitrogen and oxygen atoms in total. The summed E-state index contributed by atoms with van der Waals surface area (Å²) in [6.45, 7) is 7.86. The highest BCUT2D eigenvalue weighted by Crippen LogP contribution is 2.12. The Kier molecular flexibility index (Phi) is 6.20. The molecule has 1 saturated heterocycles. The lowest BCUT2D eigenvalue weighted by Crippen LogP contribution is -2.50. The summed E-state index contributed by atoms with van der Waals surface area (Å²) in [6.07, 6.45) is 1.84. The van der Waals surface area contributed by atoms with Crippen molar-refractivity contribution in [3.8, 4) is 0 Å². The summed E-state index contributed by atoms with van der Waals surface area (Å²) in [5, 5.41) is 12.6. The molecule has 3 rings (SSSR count). The number of piperazine rings is 1. The van der Waals surface area contributed by atoms with Crippen molar-refractivity contribution in [3.05, 3.63) is 59.8 Å². The molecule has 1 aliphatic heterocycles. The Morgan fingerprint density at radius 1 is 1.19 bits per heavy atom. The molecule has 1 aromatic heterocycles. The average Bonchev–Trinajstić information content (AvgIpc) is 2.68. The molecule has 0 amide bonds. The number of aromatic nitrogens is 1. The molecule has 2 aromatic rings. The topological polar surface area (TPSA) is 68.7 Å². The summed E-state index contributed by atoms with van der Waals surface area (Å²) in [6, 6.07) is 13.5. The van der Waals surface area contributed by atoms with Crippen LogP contribution in [0.1, 0.15) is 22.8 Å². The van der Waals surface area contributed by atoms with E-state index in [-0.39, 0.29) is 0 Å². The fraction of sp³-hybridized carbons (Fsp3) is 0.400. The van der Waals surface area contributed by atoms with Gasteiger partial charge in [0.1, 0.15) is 5.82 Å². The molecule has 26 heavy (non-hydrogen) atoms. The predicted octanol–water partition coefficient (Wildman–Crippen LogP) is 2.08. The third-order valence-electron chi connectivity index (χ3n) is 4.71. The van der Waals surface area contributed by atoms with Crippen LogP contribution in [0.3, 0.4) is 0 Å². The van der Waals surface area contributed by atoms with Crippen molar-refractivity contribution < 1.29 is 9.90 Å². The van der Waals surface area contributed by atoms with Gasteiger partial charge in [-0.2, -0.15) is 0 Å². The van der Waals surface area contributed by atoms with Gasteiger partial charge in [0.15, 0.2) is 0 Å². The quantitative estimate of drug-likeness (QED) is 0.793. The number of pyridine rings is 1. The van der Waals surface area contributed by atoms with Gasteiger partial charge in [-0.25, -0.2) is 9.78 Å². The zero-order valence-electron chi connectivity index (χ0n) is 15.1. The van der Waals surface area contributed by atoms with Crippen molar-refractivity contribution >= 4 is 11.8 Å². The largest absolute Gasteiger partial charge is 0.478 e. The van der Waals surface area contributed by atoms with Crippen LogP contribution in [0.4, 0.5) is 5.82 Å². The van der Waals surface area contributed by atoms with Crippen molar-refractivity contribution in [3.63, 3.8) is 0 Å². The van der Waals surface area contributed by atoms with Gasteiger partial charge in [0.25, 0.3) is 0 Å². The van der Waals surface area contributed by atoms with Crippen molar-refractivity contribution in [1.82, 2.24) is 15.2 Å². The Labute approximate surface area is 154 Å². The molecular formula is C20H26N4O2. The second kappa shape index (κ2) is 8.78. The van der Waals surface area contributed by atoms with E-state index >= 15 is 0 Å². The van der Waals surface area contributed by atoms with Crippen LogP contribution in [0, 0.1) is 0 Å². The van der Waals surface area contributed by atoms with Crippen molar-refractivity contribution in [2.45, 2.75) is 19.5 Å². The van der Waals surface area contributed by atoms with Gasteiger partial charge in [-0.1, -0.05) is 18.2 Å². The van der Waals surface area contributed by atoms with Crippen LogP contribution in [-0.4, -0.2) is 59.7 Å². The lowest BCUT2D eigenvalue weighted by atomic mass is 10.1. The van der Waals surface area contributed by atoms with E-state index in [2.05, 4.69) is 33.1 Å². The average molecular weight is 354 g/mol. The van der Waals surface area contributed by atoms with E-state index in [9.17, 15) is 4.79 Å². The zero-order chi connectivity index (χ0) is 18.4. The number of aromatic carboxylic acids is 1. The maximum Gasteiger partial charge on any atom is 0.335 e. The number of carboxylic acids is 1. The minimum Gasteiger partial charge on any atom is -0.478 e. The Morgan fingerprint density at radius 2 is 2.00 bits per heavy atom. The number of carboxylic acid groups (broad SMARTS) is 1. The van der Waals surface area contributed by atoms with Crippen molar-refractivity contribution in [2.75, 3.05) is 37.6 Å². The molecule has 2 N–H and O–H groups in total. The molecule has 0 radical (unpaired) electrons. The molecule has 1 aromatic carbocycles. The van der Waals surface area contributed by atoms with E-state index < -0.39 is 5.97 Å². The lowest BCUT2D eigenvalue weighted by Gasteiger charge is -2.36. The minimum absolute atomic E-state index is 0.336. The maximum absolute atomic E-state index is 11.0. The Bertz CT molecular complexity index is 715. The Morgan fingerprint density at radius 3 is 2.69 bits per heavy atom. The predicted molar refractivity (Wildman–Crippen MR) is 103 cm³/mol. The van der Waals surface area contributed by atoms with E-state index in [1.54, 1.807) is 18.2 Å². The summed E-state index contributed by atoms with van der Waals surface area (Å²) in [5.41, 5.74) is 1.33. The minimum atomic E-state index is -0.884. The van der Waals surface area contributed by atoms with Crippen LogP contribution in [0.25, 0.3) is 0 Å². The highest BCUT2D eigenvalue weighted by molar-refractivity contribution is 5.87. The first-order valence-corrected chi connectivity index (χ1v) is 9.06. The molecule has 0 bridgehead atoms. The monoisotopic (exact) mass is 354 g/mol. The number of nitrogens with one attached hydrogen (secondary N) is 1. The van der Waals surface area contributed by atoms with Gasteiger partial charge in [0.2, 0.25) is 0 Å². The normalized spacial score (nSPS) is 16.4. The van der Waals surface area contributed by atoms with Crippen LogP contribution in [-0.2, 0) is 6.54 Å². The van der Waals surface area contributed by atoms with Crippen LogP contribution in [0.5, 0.6) is 0 Å². The molecule has 6 heteroatoms. The molecule has 0 spiro atoms. The number of hydrogen-bond acceptors (Lipinski definition) is 5. The molecule has 138 valence electrons. The number of benzene rings is 1. The summed E-state index contributed by atoms with van der Waals surface area (Å²) < 4.78 is 0. The van der Waals surface area contributed by atoms with Crippen molar-refractivity contribution in [1.29, 1.82) is 0 Å². The second-order valence-corrected chi connectivity index (χ2v) is 6.76.